The molecule has 1 unspecified atom stereocenters. The second kappa shape index (κ2) is 20.1. The first-order chi connectivity index (χ1) is 21.3. The lowest BCUT2D eigenvalue weighted by molar-refractivity contribution is -0.131. The maximum Gasteiger partial charge on any atom is 0.345 e. The lowest BCUT2D eigenvalue weighted by Gasteiger charge is -2.20. The Morgan fingerprint density at radius 2 is 1.82 bits per heavy atom. The van der Waals surface area contributed by atoms with E-state index in [4.69, 9.17) is 4.74 Å². The monoisotopic (exact) mass is 612 g/mol. The number of para-hydroxylation sites is 1. The topological polar surface area (TPSA) is 139 Å². The van der Waals surface area contributed by atoms with Crippen LogP contribution in [0.3, 0.4) is 0 Å². The molecule has 1 saturated heterocycles. The molecule has 0 aliphatic carbocycles. The zero-order chi connectivity index (χ0) is 32.2. The van der Waals surface area contributed by atoms with Crippen molar-refractivity contribution >= 4 is 29.6 Å². The molecule has 3 aromatic heterocycles. The van der Waals surface area contributed by atoms with E-state index in [0.717, 1.165) is 60.3 Å². The fourth-order valence-electron chi connectivity index (χ4n) is 3.95. The van der Waals surface area contributed by atoms with Crippen LogP contribution in [0.25, 0.3) is 10.9 Å². The van der Waals surface area contributed by atoms with Crippen molar-refractivity contribution in [3.05, 3.63) is 84.6 Å². The van der Waals surface area contributed by atoms with Gasteiger partial charge in [-0.1, -0.05) is 18.2 Å². The van der Waals surface area contributed by atoms with Crippen molar-refractivity contribution in [3.8, 4) is 11.5 Å². The van der Waals surface area contributed by atoms with Gasteiger partial charge in [0.15, 0.2) is 0 Å². The number of carbonyl (C=O) groups is 3. The molecule has 0 bridgehead atoms. The van der Waals surface area contributed by atoms with Crippen LogP contribution in [0.15, 0.2) is 73.2 Å². The van der Waals surface area contributed by atoms with Crippen molar-refractivity contribution in [2.75, 3.05) is 20.2 Å². The molecule has 11 nitrogen and oxygen atoms in total. The van der Waals surface area contributed by atoms with Crippen molar-refractivity contribution in [1.82, 2.24) is 30.5 Å². The predicted molar refractivity (Wildman–Crippen MR) is 162 cm³/mol. The lowest BCUT2D eigenvalue weighted by Crippen LogP contribution is -2.39. The highest BCUT2D eigenvalue weighted by Gasteiger charge is 2.24. The standard InChI is InChI=1S/C12H11NO.C9H9N3O.C8H14N2O2.C2H4F2O/c1-10-7-8-12(9-13-10)14-11-5-3-2-4-6-11;13-6-11-5-8-3-7-4-10-2-1-9(7)12-8;1-7-3-2-4-10(7)8(12)5-9-6-11;1-5-2(3)4/h2-9H,1H3;1-4,6,12H,5H2,(H,11,13);6-7H,2-5H2,1H3,(H,9,11);2H,1H3. The van der Waals surface area contributed by atoms with Crippen molar-refractivity contribution in [2.24, 2.45) is 0 Å². The Balaban J connectivity index is 0.000000214. The first kappa shape index (κ1) is 35.3. The highest BCUT2D eigenvalue weighted by atomic mass is 19.3. The average Bonchev–Trinajstić information content (AvgIpc) is 3.67. The van der Waals surface area contributed by atoms with Crippen LogP contribution in [0.4, 0.5) is 8.78 Å². The summed E-state index contributed by atoms with van der Waals surface area (Å²) in [6.45, 7) is 2.86. The van der Waals surface area contributed by atoms with Crippen LogP contribution in [0, 0.1) is 6.92 Å². The third-order valence-corrected chi connectivity index (χ3v) is 6.10. The van der Waals surface area contributed by atoms with Crippen molar-refractivity contribution in [2.45, 2.75) is 45.9 Å². The smallest absolute Gasteiger partial charge is 0.345 e. The Kier molecular flexibility index (Phi) is 16.1. The fourth-order valence-corrected chi connectivity index (χ4v) is 3.95. The van der Waals surface area contributed by atoms with E-state index in [9.17, 15) is 23.2 Å². The number of ether oxygens (including phenoxy) is 2. The molecule has 1 aliphatic heterocycles. The number of alkyl halides is 2. The number of fused-ring (bicyclic) bond motifs is 1. The van der Waals surface area contributed by atoms with Crippen molar-refractivity contribution in [3.63, 3.8) is 0 Å². The van der Waals surface area contributed by atoms with E-state index in [0.29, 0.717) is 25.4 Å². The summed E-state index contributed by atoms with van der Waals surface area (Å²) in [6.07, 6.45) is 8.64. The van der Waals surface area contributed by atoms with Crippen LogP contribution in [0.1, 0.15) is 31.2 Å². The summed E-state index contributed by atoms with van der Waals surface area (Å²) in [4.78, 5) is 44.4. The Morgan fingerprint density at radius 1 is 1.09 bits per heavy atom. The van der Waals surface area contributed by atoms with Gasteiger partial charge in [-0.15, -0.1) is 0 Å². The van der Waals surface area contributed by atoms with Gasteiger partial charge in [0.2, 0.25) is 18.7 Å². The molecule has 1 atom stereocenters. The zero-order valence-electron chi connectivity index (χ0n) is 24.9. The molecule has 0 radical (unpaired) electrons. The summed E-state index contributed by atoms with van der Waals surface area (Å²) in [6, 6.07) is 17.7. The fraction of sp³-hybridized carbons (Fsp3) is 0.323. The molecular formula is C31H38F2N6O5. The summed E-state index contributed by atoms with van der Waals surface area (Å²) in [5.74, 6) is 1.62. The van der Waals surface area contributed by atoms with E-state index in [1.807, 2.05) is 73.3 Å². The average molecular weight is 613 g/mol. The molecule has 4 heterocycles. The number of benzene rings is 1. The number of amides is 3. The molecule has 4 aromatic rings. The number of methoxy groups -OCH3 is 1. The van der Waals surface area contributed by atoms with Gasteiger partial charge >= 0.3 is 6.61 Å². The number of rotatable bonds is 9. The molecule has 5 rings (SSSR count). The number of carbonyl (C=O) groups excluding carboxylic acids is 3. The van der Waals surface area contributed by atoms with Gasteiger partial charge in [-0.25, -0.2) is 0 Å². The number of H-pyrrole nitrogens is 1. The van der Waals surface area contributed by atoms with Crippen LogP contribution < -0.4 is 15.4 Å². The second-order valence-electron chi connectivity index (χ2n) is 9.38. The molecule has 1 aromatic carbocycles. The molecule has 0 spiro atoms. The third-order valence-electron chi connectivity index (χ3n) is 6.10. The molecule has 0 saturated carbocycles. The number of nitrogens with zero attached hydrogens (tertiary/aromatic N) is 3. The van der Waals surface area contributed by atoms with Gasteiger partial charge in [-0.2, -0.15) is 8.78 Å². The number of aryl methyl sites for hydroxylation is 1. The highest BCUT2D eigenvalue weighted by Crippen LogP contribution is 2.19. The normalized spacial score (nSPS) is 13.3. The summed E-state index contributed by atoms with van der Waals surface area (Å²) >= 11 is 0. The molecule has 13 heteroatoms. The number of hydrogen-bond donors (Lipinski definition) is 3. The van der Waals surface area contributed by atoms with Gasteiger partial charge in [-0.3, -0.25) is 24.4 Å². The van der Waals surface area contributed by atoms with E-state index < -0.39 is 6.61 Å². The Morgan fingerprint density at radius 3 is 2.39 bits per heavy atom. The Bertz CT molecular complexity index is 1360. The van der Waals surface area contributed by atoms with Crippen LogP contribution in [-0.2, 0) is 25.7 Å². The van der Waals surface area contributed by atoms with Crippen LogP contribution in [-0.4, -0.2) is 71.4 Å². The highest BCUT2D eigenvalue weighted by molar-refractivity contribution is 5.80. The number of nitrogens with one attached hydrogen (secondary N) is 3. The number of halogens is 2. The van der Waals surface area contributed by atoms with Crippen LogP contribution in [0.2, 0.25) is 0 Å². The van der Waals surface area contributed by atoms with Crippen molar-refractivity contribution < 1.29 is 32.6 Å². The van der Waals surface area contributed by atoms with Crippen LogP contribution in [0.5, 0.6) is 11.5 Å². The largest absolute Gasteiger partial charge is 0.456 e. The lowest BCUT2D eigenvalue weighted by atomic mass is 10.2. The van der Waals surface area contributed by atoms with Gasteiger partial charge in [0.1, 0.15) is 11.5 Å². The zero-order valence-corrected chi connectivity index (χ0v) is 24.9. The van der Waals surface area contributed by atoms with Gasteiger partial charge in [0.25, 0.3) is 0 Å². The second-order valence-corrected chi connectivity index (χ2v) is 9.38. The molecule has 236 valence electrons. The van der Waals surface area contributed by atoms with Gasteiger partial charge in [0.05, 0.1) is 19.3 Å². The summed E-state index contributed by atoms with van der Waals surface area (Å²) in [7, 11) is 0.949. The number of pyridine rings is 2. The van der Waals surface area contributed by atoms with Crippen LogP contribution >= 0.6 is 0 Å². The Hall–Kier alpha value is -4.91. The van der Waals surface area contributed by atoms with E-state index in [-0.39, 0.29) is 12.5 Å². The van der Waals surface area contributed by atoms with Gasteiger partial charge in [0, 0.05) is 54.4 Å². The predicted octanol–water partition coefficient (Wildman–Crippen LogP) is 4.59. The third kappa shape index (κ3) is 13.4. The van der Waals surface area contributed by atoms with E-state index >= 15 is 0 Å². The molecule has 1 aliphatic rings. The van der Waals surface area contributed by atoms with E-state index in [1.54, 1.807) is 18.6 Å². The van der Waals surface area contributed by atoms with Gasteiger partial charge in [-0.05, 0) is 63.1 Å². The SMILES string of the molecule is CC1CCCN1C(=O)CNC=O.COC(F)F.Cc1ccc(Oc2ccccc2)cn1.O=CNCc1cc2cnccc2[nH]1. The summed E-state index contributed by atoms with van der Waals surface area (Å²) < 4.78 is 30.1. The van der Waals surface area contributed by atoms with E-state index in [2.05, 4.69) is 30.3 Å². The minimum absolute atomic E-state index is 0.0205. The number of aromatic amines is 1. The van der Waals surface area contributed by atoms with Gasteiger partial charge < -0.3 is 30.0 Å². The summed E-state index contributed by atoms with van der Waals surface area (Å²) in [5.41, 5.74) is 3.01. The maximum absolute atomic E-state index is 11.3. The number of likely N-dealkylation sites (tertiary alicyclic amines) is 1. The molecule has 3 N–H and O–H groups in total. The minimum Gasteiger partial charge on any atom is -0.456 e. The minimum atomic E-state index is -2.62. The van der Waals surface area contributed by atoms with E-state index in [1.165, 1.54) is 0 Å². The quantitative estimate of drug-likeness (QED) is 0.235. The maximum atomic E-state index is 11.3. The first-order valence-electron chi connectivity index (χ1n) is 13.8. The summed E-state index contributed by atoms with van der Waals surface area (Å²) in [5, 5.41) is 6.03. The van der Waals surface area contributed by atoms with Crippen molar-refractivity contribution in [1.29, 1.82) is 0 Å². The molecular weight excluding hydrogens is 574 g/mol. The molecule has 44 heavy (non-hydrogen) atoms. The molecule has 1 fully saturated rings. The molecule has 3 amide bonds. The Labute approximate surface area is 255 Å². The first-order valence-corrected chi connectivity index (χ1v) is 13.8. The number of hydrogen-bond acceptors (Lipinski definition) is 7. The number of aromatic nitrogens is 3.